The number of amides is 1. The second kappa shape index (κ2) is 6.20. The number of carbonyl (C=O) groups excluding carboxylic acids is 1. The molecule has 0 aliphatic heterocycles. The van der Waals surface area contributed by atoms with Crippen LogP contribution in [0.3, 0.4) is 0 Å². The number of likely N-dealkylation sites (N-methyl/N-ethyl adjacent to an activating group) is 1. The number of nitrogens with zero attached hydrogens (tertiary/aromatic N) is 2. The molecule has 0 spiro atoms. The van der Waals surface area contributed by atoms with E-state index < -0.39 is 0 Å². The van der Waals surface area contributed by atoms with Crippen molar-refractivity contribution in [1.82, 2.24) is 10.3 Å². The first-order chi connectivity index (χ1) is 8.04. The highest BCUT2D eigenvalue weighted by atomic mass is 16.3. The van der Waals surface area contributed by atoms with Gasteiger partial charge in [0.25, 0.3) is 0 Å². The van der Waals surface area contributed by atoms with Gasteiger partial charge in [-0.15, -0.1) is 0 Å². The van der Waals surface area contributed by atoms with Gasteiger partial charge < -0.3 is 15.3 Å². The minimum Gasteiger partial charge on any atom is -0.392 e. The van der Waals surface area contributed by atoms with Gasteiger partial charge in [-0.3, -0.25) is 4.79 Å². The van der Waals surface area contributed by atoms with E-state index in [0.29, 0.717) is 11.4 Å². The van der Waals surface area contributed by atoms with Crippen molar-refractivity contribution in [2.45, 2.75) is 26.5 Å². The van der Waals surface area contributed by atoms with E-state index in [4.69, 9.17) is 0 Å². The molecular weight excluding hydrogens is 218 g/mol. The normalized spacial score (nSPS) is 10.4. The first-order valence-corrected chi connectivity index (χ1v) is 5.60. The number of aliphatic hydroxyl groups is 1. The zero-order valence-corrected chi connectivity index (χ0v) is 10.5. The summed E-state index contributed by atoms with van der Waals surface area (Å²) in [5.74, 6) is 0.575. The zero-order chi connectivity index (χ0) is 12.8. The Balaban J connectivity index is 2.69. The van der Waals surface area contributed by atoms with Crippen molar-refractivity contribution < 1.29 is 9.90 Å². The predicted molar refractivity (Wildman–Crippen MR) is 66.7 cm³/mol. The molecule has 0 radical (unpaired) electrons. The van der Waals surface area contributed by atoms with Crippen molar-refractivity contribution in [3.63, 3.8) is 0 Å². The Bertz CT molecular complexity index is 380. The molecule has 0 saturated carbocycles. The van der Waals surface area contributed by atoms with Crippen LogP contribution in [0.4, 0.5) is 5.82 Å². The highest BCUT2D eigenvalue weighted by Gasteiger charge is 2.12. The van der Waals surface area contributed by atoms with Gasteiger partial charge in [0, 0.05) is 24.8 Å². The summed E-state index contributed by atoms with van der Waals surface area (Å²) in [7, 11) is 1.78. The molecule has 5 nitrogen and oxygen atoms in total. The van der Waals surface area contributed by atoms with Crippen LogP contribution in [0, 0.1) is 0 Å². The summed E-state index contributed by atoms with van der Waals surface area (Å²) < 4.78 is 0. The minimum absolute atomic E-state index is 0.0583. The minimum atomic E-state index is -0.0840. The smallest absolute Gasteiger partial charge is 0.239 e. The third kappa shape index (κ3) is 4.03. The summed E-state index contributed by atoms with van der Waals surface area (Å²) in [6, 6.07) is 3.67. The predicted octanol–water partition coefficient (Wildman–Crippen LogP) is 0.535. The molecule has 0 aromatic carbocycles. The lowest BCUT2D eigenvalue weighted by Crippen LogP contribution is -2.39. The number of rotatable bonds is 5. The quantitative estimate of drug-likeness (QED) is 0.784. The largest absolute Gasteiger partial charge is 0.392 e. The second-order valence-corrected chi connectivity index (χ2v) is 4.22. The lowest BCUT2D eigenvalue weighted by Gasteiger charge is -2.20. The van der Waals surface area contributed by atoms with E-state index in [0.717, 1.165) is 0 Å². The SMILES string of the molecule is CC(C)NC(=O)CN(C)c1ncccc1CO. The third-order valence-electron chi connectivity index (χ3n) is 2.23. The van der Waals surface area contributed by atoms with Crippen molar-refractivity contribution in [1.29, 1.82) is 0 Å². The summed E-state index contributed by atoms with van der Waals surface area (Å²) in [4.78, 5) is 17.5. The molecule has 0 aliphatic carbocycles. The lowest BCUT2D eigenvalue weighted by molar-refractivity contribution is -0.120. The van der Waals surface area contributed by atoms with Crippen LogP contribution in [0.25, 0.3) is 0 Å². The maximum Gasteiger partial charge on any atom is 0.239 e. The number of anilines is 1. The first kappa shape index (κ1) is 13.4. The fourth-order valence-corrected chi connectivity index (χ4v) is 1.56. The molecule has 0 atom stereocenters. The number of hydrogen-bond acceptors (Lipinski definition) is 4. The van der Waals surface area contributed by atoms with Crippen LogP contribution in [0.1, 0.15) is 19.4 Å². The van der Waals surface area contributed by atoms with Crippen LogP contribution < -0.4 is 10.2 Å². The highest BCUT2D eigenvalue weighted by Crippen LogP contribution is 2.14. The number of carbonyl (C=O) groups is 1. The van der Waals surface area contributed by atoms with Gasteiger partial charge in [-0.25, -0.2) is 4.98 Å². The van der Waals surface area contributed by atoms with Crippen LogP contribution in [-0.2, 0) is 11.4 Å². The summed E-state index contributed by atoms with van der Waals surface area (Å²) in [6.07, 6.45) is 1.64. The molecule has 1 rings (SSSR count). The molecule has 17 heavy (non-hydrogen) atoms. The Labute approximate surface area is 101 Å². The number of nitrogens with one attached hydrogen (secondary N) is 1. The van der Waals surface area contributed by atoms with E-state index in [9.17, 15) is 9.90 Å². The highest BCUT2D eigenvalue weighted by molar-refractivity contribution is 5.81. The summed E-state index contributed by atoms with van der Waals surface area (Å²) in [5.41, 5.74) is 0.715. The molecule has 1 amide bonds. The molecular formula is C12H19N3O2. The van der Waals surface area contributed by atoms with Crippen LogP contribution in [0.15, 0.2) is 18.3 Å². The number of pyridine rings is 1. The van der Waals surface area contributed by atoms with Crippen LogP contribution in [0.5, 0.6) is 0 Å². The van der Waals surface area contributed by atoms with Gasteiger partial charge in [-0.2, -0.15) is 0 Å². The maximum atomic E-state index is 11.6. The second-order valence-electron chi connectivity index (χ2n) is 4.22. The fraction of sp³-hybridized carbons (Fsp3) is 0.500. The summed E-state index contributed by atoms with van der Waals surface area (Å²) in [5, 5.41) is 12.0. The molecule has 5 heteroatoms. The Morgan fingerprint density at radius 1 is 1.59 bits per heavy atom. The Morgan fingerprint density at radius 3 is 2.88 bits per heavy atom. The Hall–Kier alpha value is -1.62. The van der Waals surface area contributed by atoms with Crippen LogP contribution >= 0.6 is 0 Å². The van der Waals surface area contributed by atoms with Crippen molar-refractivity contribution in [2.75, 3.05) is 18.5 Å². The van der Waals surface area contributed by atoms with Gasteiger partial charge in [0.2, 0.25) is 5.91 Å². The molecule has 0 saturated heterocycles. The first-order valence-electron chi connectivity index (χ1n) is 5.60. The van der Waals surface area contributed by atoms with Crippen molar-refractivity contribution >= 4 is 11.7 Å². The van der Waals surface area contributed by atoms with E-state index in [1.807, 2.05) is 13.8 Å². The van der Waals surface area contributed by atoms with Crippen molar-refractivity contribution in [3.05, 3.63) is 23.9 Å². The van der Waals surface area contributed by atoms with Gasteiger partial charge in [0.1, 0.15) is 5.82 Å². The standard InChI is InChI=1S/C12H19N3O2/c1-9(2)14-11(17)7-15(3)12-10(8-16)5-4-6-13-12/h4-6,9,16H,7-8H2,1-3H3,(H,14,17). The Morgan fingerprint density at radius 2 is 2.29 bits per heavy atom. The number of aromatic nitrogens is 1. The molecule has 1 aromatic heterocycles. The van der Waals surface area contributed by atoms with E-state index in [1.165, 1.54) is 0 Å². The lowest BCUT2D eigenvalue weighted by atomic mass is 10.2. The zero-order valence-electron chi connectivity index (χ0n) is 10.5. The molecule has 0 unspecified atom stereocenters. The molecule has 0 fully saturated rings. The van der Waals surface area contributed by atoms with Crippen LogP contribution in [0.2, 0.25) is 0 Å². The molecule has 1 heterocycles. The topological polar surface area (TPSA) is 65.5 Å². The summed E-state index contributed by atoms with van der Waals surface area (Å²) in [6.45, 7) is 3.97. The van der Waals surface area contributed by atoms with Gasteiger partial charge in [0.05, 0.1) is 13.2 Å². The van der Waals surface area contributed by atoms with E-state index in [2.05, 4.69) is 10.3 Å². The molecule has 2 N–H and O–H groups in total. The van der Waals surface area contributed by atoms with Gasteiger partial charge in [0.15, 0.2) is 0 Å². The molecule has 0 aliphatic rings. The molecule has 0 bridgehead atoms. The van der Waals surface area contributed by atoms with Gasteiger partial charge in [-0.05, 0) is 19.9 Å². The average Bonchev–Trinajstić information content (AvgIpc) is 2.27. The molecule has 94 valence electrons. The van der Waals surface area contributed by atoms with E-state index in [1.54, 1.807) is 30.3 Å². The van der Waals surface area contributed by atoms with Gasteiger partial charge >= 0.3 is 0 Å². The van der Waals surface area contributed by atoms with Crippen molar-refractivity contribution in [2.24, 2.45) is 0 Å². The van der Waals surface area contributed by atoms with E-state index in [-0.39, 0.29) is 25.1 Å². The molecule has 1 aromatic rings. The number of aliphatic hydroxyl groups excluding tert-OH is 1. The monoisotopic (exact) mass is 237 g/mol. The third-order valence-corrected chi connectivity index (χ3v) is 2.23. The summed E-state index contributed by atoms with van der Waals surface area (Å²) >= 11 is 0. The maximum absolute atomic E-state index is 11.6. The van der Waals surface area contributed by atoms with E-state index >= 15 is 0 Å². The van der Waals surface area contributed by atoms with Crippen molar-refractivity contribution in [3.8, 4) is 0 Å². The fourth-order valence-electron chi connectivity index (χ4n) is 1.56. The number of hydrogen-bond donors (Lipinski definition) is 2. The average molecular weight is 237 g/mol. The Kier molecular flexibility index (Phi) is 4.90. The van der Waals surface area contributed by atoms with Gasteiger partial charge in [-0.1, -0.05) is 6.07 Å². The van der Waals surface area contributed by atoms with Crippen LogP contribution in [-0.4, -0.2) is 35.6 Å².